The first-order valence-corrected chi connectivity index (χ1v) is 17.6. The number of benzene rings is 8. The maximum Gasteiger partial charge on any atom is 0.0701 e. The number of hydrogen-bond acceptors (Lipinski definition) is 6. The minimum absolute atomic E-state index is 0. The van der Waals surface area contributed by atoms with E-state index in [2.05, 4.69) is 121 Å². The fourth-order valence-electron chi connectivity index (χ4n) is 6.66. The van der Waals surface area contributed by atoms with Crippen LogP contribution in [0.2, 0.25) is 0 Å². The van der Waals surface area contributed by atoms with Gasteiger partial charge < -0.3 is 28.4 Å². The van der Waals surface area contributed by atoms with E-state index in [1.165, 1.54) is 64.6 Å². The van der Waals surface area contributed by atoms with Gasteiger partial charge in [0.2, 0.25) is 0 Å². The second kappa shape index (κ2) is 23.7. The first-order chi connectivity index (χ1) is 24.9. The Kier molecular flexibility index (Phi) is 19.8. The van der Waals surface area contributed by atoms with Crippen LogP contribution in [-0.4, -0.2) is 131 Å². The molecule has 1 fully saturated rings. The van der Waals surface area contributed by atoms with Crippen LogP contribution in [0.15, 0.2) is 121 Å². The molecule has 8 aromatic carbocycles. The number of ether oxygens (including phenoxy) is 6. The van der Waals surface area contributed by atoms with Gasteiger partial charge in [-0.05, 0) is 64.6 Å². The summed E-state index contributed by atoms with van der Waals surface area (Å²) in [5.41, 5.74) is 0. The van der Waals surface area contributed by atoms with Crippen molar-refractivity contribution in [1.29, 1.82) is 0 Å². The summed E-state index contributed by atoms with van der Waals surface area (Å²) >= 11 is 0. The molecular formula is C44H44KO6Ti2. The zero-order chi connectivity index (χ0) is 33.8. The molecule has 0 aliphatic carbocycles. The second-order valence-corrected chi connectivity index (χ2v) is 12.3. The summed E-state index contributed by atoms with van der Waals surface area (Å²) in [4.78, 5) is 0. The second-order valence-electron chi connectivity index (χ2n) is 12.3. The van der Waals surface area contributed by atoms with E-state index in [-0.39, 0.29) is 94.8 Å². The maximum absolute atomic E-state index is 5.33. The fourth-order valence-corrected chi connectivity index (χ4v) is 6.66. The van der Waals surface area contributed by atoms with Crippen LogP contribution in [0.3, 0.4) is 0 Å². The Balaban J connectivity index is 0.000000173. The van der Waals surface area contributed by atoms with Crippen LogP contribution >= 0.6 is 0 Å². The summed E-state index contributed by atoms with van der Waals surface area (Å²) in [6, 6.07) is 43.7. The quantitative estimate of drug-likeness (QED) is 0.113. The van der Waals surface area contributed by atoms with Gasteiger partial charge in [-0.15, -0.1) is 0 Å². The van der Waals surface area contributed by atoms with E-state index in [0.717, 1.165) is 0 Å². The van der Waals surface area contributed by atoms with Gasteiger partial charge in [0, 0.05) is 94.8 Å². The zero-order valence-corrected chi connectivity index (χ0v) is 36.7. The molecule has 0 spiro atoms. The van der Waals surface area contributed by atoms with Crippen molar-refractivity contribution in [1.82, 2.24) is 0 Å². The van der Waals surface area contributed by atoms with Crippen molar-refractivity contribution in [3.05, 3.63) is 121 Å². The molecule has 1 aliphatic rings. The molecule has 1 aliphatic heterocycles. The minimum atomic E-state index is 0. The van der Waals surface area contributed by atoms with E-state index in [4.69, 9.17) is 28.4 Å². The molecule has 0 bridgehead atoms. The monoisotopic (exact) mass is 803 g/mol. The van der Waals surface area contributed by atoms with Gasteiger partial charge in [-0.2, -0.15) is 0 Å². The molecule has 265 valence electrons. The third-order valence-corrected chi connectivity index (χ3v) is 9.02. The van der Waals surface area contributed by atoms with Gasteiger partial charge in [0.05, 0.1) is 79.3 Å². The van der Waals surface area contributed by atoms with Crippen LogP contribution in [0.1, 0.15) is 0 Å². The van der Waals surface area contributed by atoms with Gasteiger partial charge >= 0.3 is 0 Å². The fraction of sp³-hybridized carbons (Fsp3) is 0.273. The molecule has 0 atom stereocenters. The molecule has 0 unspecified atom stereocenters. The van der Waals surface area contributed by atoms with E-state index in [1.54, 1.807) is 0 Å². The van der Waals surface area contributed by atoms with Crippen molar-refractivity contribution < 1.29 is 71.9 Å². The summed E-state index contributed by atoms with van der Waals surface area (Å²) in [6.07, 6.45) is 0. The molecule has 9 heteroatoms. The SMILES string of the molecule is C1COCCOCCOCCOCCOCCO1.[K].[Ti].[Ti].c1cc2ccc3cccc4ccc(c1)c2c34.c1cc2ccc3cccc4ccc(c1)c2c34. The van der Waals surface area contributed by atoms with Crippen LogP contribution < -0.4 is 0 Å². The number of rotatable bonds is 0. The Morgan fingerprint density at radius 1 is 0.226 bits per heavy atom. The van der Waals surface area contributed by atoms with E-state index >= 15 is 0 Å². The minimum Gasteiger partial charge on any atom is -0.377 e. The Morgan fingerprint density at radius 2 is 0.358 bits per heavy atom. The van der Waals surface area contributed by atoms with Gasteiger partial charge in [0.1, 0.15) is 0 Å². The summed E-state index contributed by atoms with van der Waals surface area (Å²) in [6.45, 7) is 7.04. The molecule has 1 saturated heterocycles. The van der Waals surface area contributed by atoms with Crippen molar-refractivity contribution in [3.63, 3.8) is 0 Å². The molecule has 0 amide bonds. The van der Waals surface area contributed by atoms with Crippen molar-refractivity contribution in [3.8, 4) is 0 Å². The maximum atomic E-state index is 5.33. The van der Waals surface area contributed by atoms with Gasteiger partial charge in [-0.3, -0.25) is 0 Å². The van der Waals surface area contributed by atoms with E-state index < -0.39 is 0 Å². The smallest absolute Gasteiger partial charge is 0.0701 e. The standard InChI is InChI=1S/2C16H10.C12H24O6.K.2Ti/c2*1-3-11-7-9-13-5-2-6-14-10-8-12(4-1)15(11)16(13)14;1-2-14-5-6-16-9-10-18-12-11-17-8-7-15-4-3-13-1;;;/h2*1-10H;1-12H2;;;. The van der Waals surface area contributed by atoms with Gasteiger partial charge in [-0.25, -0.2) is 0 Å². The third kappa shape index (κ3) is 11.8. The van der Waals surface area contributed by atoms with E-state index in [9.17, 15) is 0 Å². The zero-order valence-electron chi connectivity index (χ0n) is 30.5. The van der Waals surface area contributed by atoms with E-state index in [0.29, 0.717) is 79.3 Å². The normalized spacial score (nSPS) is 15.2. The van der Waals surface area contributed by atoms with Gasteiger partial charge in [0.25, 0.3) is 0 Å². The Bertz CT molecular complexity index is 1760. The first kappa shape index (κ1) is 44.4. The largest absolute Gasteiger partial charge is 0.377 e. The summed E-state index contributed by atoms with van der Waals surface area (Å²) in [5.74, 6) is 0. The first-order valence-electron chi connectivity index (χ1n) is 17.6. The average Bonchev–Trinajstić information content (AvgIpc) is 3.17. The molecule has 8 aromatic rings. The topological polar surface area (TPSA) is 55.4 Å². The Hall–Kier alpha value is -1.34. The van der Waals surface area contributed by atoms with Crippen LogP contribution in [0.5, 0.6) is 0 Å². The average molecular weight is 804 g/mol. The van der Waals surface area contributed by atoms with Crippen LogP contribution in [0.25, 0.3) is 64.6 Å². The van der Waals surface area contributed by atoms with Crippen LogP contribution in [0, 0.1) is 0 Å². The van der Waals surface area contributed by atoms with Gasteiger partial charge in [0.15, 0.2) is 0 Å². The molecule has 0 N–H and O–H groups in total. The molecule has 6 nitrogen and oxygen atoms in total. The van der Waals surface area contributed by atoms with Crippen molar-refractivity contribution >= 4 is 116 Å². The predicted octanol–water partition coefficient (Wildman–Crippen LogP) is 8.88. The van der Waals surface area contributed by atoms with Crippen molar-refractivity contribution in [2.75, 3.05) is 79.3 Å². The van der Waals surface area contributed by atoms with Crippen LogP contribution in [0.4, 0.5) is 0 Å². The molecule has 0 aromatic heterocycles. The Labute approximate surface area is 384 Å². The van der Waals surface area contributed by atoms with E-state index in [1.807, 2.05) is 0 Å². The van der Waals surface area contributed by atoms with Gasteiger partial charge in [-0.1, -0.05) is 121 Å². The molecule has 53 heavy (non-hydrogen) atoms. The third-order valence-electron chi connectivity index (χ3n) is 9.02. The molecule has 0 saturated carbocycles. The molecule has 1 radical (unpaired) electrons. The molecule has 9 rings (SSSR count). The Morgan fingerprint density at radius 3 is 0.491 bits per heavy atom. The number of hydrogen-bond donors (Lipinski definition) is 0. The van der Waals surface area contributed by atoms with Crippen LogP contribution in [-0.2, 0) is 71.9 Å². The van der Waals surface area contributed by atoms with Crippen molar-refractivity contribution in [2.45, 2.75) is 0 Å². The predicted molar refractivity (Wildman–Crippen MR) is 211 cm³/mol. The van der Waals surface area contributed by atoms with Crippen molar-refractivity contribution in [2.24, 2.45) is 0 Å². The molecular weight excluding hydrogens is 759 g/mol. The summed E-state index contributed by atoms with van der Waals surface area (Å²) in [7, 11) is 0. The summed E-state index contributed by atoms with van der Waals surface area (Å²) < 4.78 is 32.0. The molecule has 1 heterocycles. The summed E-state index contributed by atoms with van der Waals surface area (Å²) in [5, 5.41) is 16.3.